The van der Waals surface area contributed by atoms with Crippen LogP contribution >= 0.6 is 0 Å². The molecule has 0 aliphatic rings. The van der Waals surface area contributed by atoms with E-state index in [1.54, 1.807) is 0 Å². The summed E-state index contributed by atoms with van der Waals surface area (Å²) in [5.41, 5.74) is 0. The predicted molar refractivity (Wildman–Crippen MR) is 57.1 cm³/mol. The fourth-order valence-electron chi connectivity index (χ4n) is 1.01. The van der Waals surface area contributed by atoms with E-state index in [2.05, 4.69) is 0 Å². The second-order valence-corrected chi connectivity index (χ2v) is 5.80. The number of hydrogen-bond donors (Lipinski definition) is 0. The van der Waals surface area contributed by atoms with Gasteiger partial charge in [-0.1, -0.05) is 0 Å². The van der Waals surface area contributed by atoms with E-state index in [1.807, 2.05) is 41.5 Å². The van der Waals surface area contributed by atoms with Gasteiger partial charge in [-0.15, -0.1) is 0 Å². The van der Waals surface area contributed by atoms with Crippen molar-refractivity contribution in [2.24, 2.45) is 0 Å². The van der Waals surface area contributed by atoms with Gasteiger partial charge in [0.05, 0.1) is 0 Å². The van der Waals surface area contributed by atoms with Crippen molar-refractivity contribution in [2.75, 3.05) is 0 Å². The van der Waals surface area contributed by atoms with E-state index in [0.29, 0.717) is 0 Å². The van der Waals surface area contributed by atoms with E-state index in [9.17, 15) is 0 Å². The van der Waals surface area contributed by atoms with Crippen LogP contribution in [0, 0.1) is 0 Å². The van der Waals surface area contributed by atoms with Crippen molar-refractivity contribution < 1.29 is 14.2 Å². The Morgan fingerprint density at radius 3 is 1.07 bits per heavy atom. The van der Waals surface area contributed by atoms with E-state index in [0.717, 1.165) is 22.5 Å². The Hall–Kier alpha value is 0.679. The van der Waals surface area contributed by atoms with Crippen LogP contribution in [-0.2, 0) is 14.2 Å². The molecule has 4 heteroatoms. The van der Waals surface area contributed by atoms with Gasteiger partial charge < -0.3 is 0 Å². The normalized spacial score (nSPS) is 13.4. The maximum absolute atomic E-state index is 5.66. The molecule has 14 heavy (non-hydrogen) atoms. The Balaban J connectivity index is 4.32. The Morgan fingerprint density at radius 2 is 0.929 bits per heavy atom. The van der Waals surface area contributed by atoms with E-state index in [-0.39, 0.29) is 18.3 Å². The van der Waals surface area contributed by atoms with Crippen LogP contribution in [0.1, 0.15) is 41.5 Å². The predicted octanol–water partition coefficient (Wildman–Crippen LogP) is 2.04. The molecule has 0 aromatic rings. The molecule has 0 aliphatic carbocycles. The summed E-state index contributed by atoms with van der Waals surface area (Å²) in [6, 6.07) is 0. The molecule has 0 radical (unpaired) electrons. The number of ether oxygens (including phenoxy) is 3. The van der Waals surface area contributed by atoms with Crippen molar-refractivity contribution in [3.8, 4) is 0 Å². The second-order valence-electron chi connectivity index (χ2n) is 4.06. The SMILES string of the molecule is CC(C)O[C]([Sn+3])(OC(C)C)OC(C)C. The van der Waals surface area contributed by atoms with Crippen molar-refractivity contribution >= 4 is 22.5 Å². The third-order valence-electron chi connectivity index (χ3n) is 1.17. The molecule has 0 amide bonds. The van der Waals surface area contributed by atoms with E-state index < -0.39 is 3.99 Å². The first kappa shape index (κ1) is 14.7. The van der Waals surface area contributed by atoms with Gasteiger partial charge in [-0.25, -0.2) is 0 Å². The fourth-order valence-corrected chi connectivity index (χ4v) is 3.03. The Kier molecular flexibility index (Phi) is 6.61. The summed E-state index contributed by atoms with van der Waals surface area (Å²) in [5.74, 6) is 0. The van der Waals surface area contributed by atoms with Crippen LogP contribution < -0.4 is 0 Å². The Bertz CT molecular complexity index is 131. The first-order valence-electron chi connectivity index (χ1n) is 5.03. The van der Waals surface area contributed by atoms with Crippen molar-refractivity contribution in [1.82, 2.24) is 0 Å². The maximum atomic E-state index is 5.66. The third kappa shape index (κ3) is 7.03. The van der Waals surface area contributed by atoms with Crippen LogP contribution in [-0.4, -0.2) is 44.8 Å². The second kappa shape index (κ2) is 6.30. The first-order chi connectivity index (χ1) is 6.25. The molecule has 0 atom stereocenters. The number of rotatable bonds is 6. The van der Waals surface area contributed by atoms with Gasteiger partial charge in [0.15, 0.2) is 0 Å². The van der Waals surface area contributed by atoms with Crippen molar-refractivity contribution in [1.29, 1.82) is 0 Å². The molecule has 0 bridgehead atoms. The summed E-state index contributed by atoms with van der Waals surface area (Å²) in [5, 5.41) is 0. The summed E-state index contributed by atoms with van der Waals surface area (Å²) in [7, 11) is 0. The molecular weight excluding hydrogens is 287 g/mol. The fraction of sp³-hybridized carbons (Fsp3) is 1.00. The third-order valence-corrected chi connectivity index (χ3v) is 2.18. The van der Waals surface area contributed by atoms with Gasteiger partial charge in [-0.05, 0) is 0 Å². The molecule has 0 unspecified atom stereocenters. The molecule has 0 aromatic heterocycles. The van der Waals surface area contributed by atoms with E-state index in [1.165, 1.54) is 0 Å². The van der Waals surface area contributed by atoms with Crippen LogP contribution in [0.15, 0.2) is 0 Å². The Labute approximate surface area is 101 Å². The van der Waals surface area contributed by atoms with Gasteiger partial charge in [0, 0.05) is 0 Å². The molecule has 0 heterocycles. The van der Waals surface area contributed by atoms with Crippen LogP contribution in [0.25, 0.3) is 0 Å². The zero-order valence-electron chi connectivity index (χ0n) is 9.96. The van der Waals surface area contributed by atoms with Crippen LogP contribution in [0.2, 0.25) is 0 Å². The number of hydrogen-bond acceptors (Lipinski definition) is 3. The average molecular weight is 308 g/mol. The molecule has 3 nitrogen and oxygen atoms in total. The quantitative estimate of drug-likeness (QED) is 0.555. The van der Waals surface area contributed by atoms with Crippen molar-refractivity contribution in [3.05, 3.63) is 0 Å². The van der Waals surface area contributed by atoms with Crippen molar-refractivity contribution in [2.45, 2.75) is 63.8 Å². The topological polar surface area (TPSA) is 27.7 Å². The average Bonchev–Trinajstić information content (AvgIpc) is 1.76. The van der Waals surface area contributed by atoms with Crippen LogP contribution in [0.3, 0.4) is 0 Å². The zero-order valence-corrected chi connectivity index (χ0v) is 12.8. The first-order valence-corrected chi connectivity index (χ1v) is 6.46. The van der Waals surface area contributed by atoms with Gasteiger partial charge >= 0.3 is 101 Å². The van der Waals surface area contributed by atoms with Crippen molar-refractivity contribution in [3.63, 3.8) is 0 Å². The van der Waals surface area contributed by atoms with Gasteiger partial charge in [0.2, 0.25) is 0 Å². The monoisotopic (exact) mass is 309 g/mol. The molecule has 0 saturated carbocycles. The molecule has 0 saturated heterocycles. The van der Waals surface area contributed by atoms with Crippen LogP contribution in [0.4, 0.5) is 0 Å². The summed E-state index contributed by atoms with van der Waals surface area (Å²) in [6.45, 7) is 11.9. The molecule has 0 aromatic carbocycles. The zero-order chi connectivity index (χ0) is 11.4. The molecular formula is C10H21O3Sn+3. The summed E-state index contributed by atoms with van der Waals surface area (Å²) >= 11 is 1.09. The molecule has 0 N–H and O–H groups in total. The molecule has 0 fully saturated rings. The van der Waals surface area contributed by atoms with Gasteiger partial charge in [-0.3, -0.25) is 0 Å². The van der Waals surface area contributed by atoms with E-state index in [4.69, 9.17) is 14.2 Å². The molecule has 80 valence electrons. The van der Waals surface area contributed by atoms with Gasteiger partial charge in [0.25, 0.3) is 0 Å². The summed E-state index contributed by atoms with van der Waals surface area (Å²) in [4.78, 5) is 0. The summed E-state index contributed by atoms with van der Waals surface area (Å²) < 4.78 is 16.1. The van der Waals surface area contributed by atoms with E-state index >= 15 is 0 Å². The molecule has 0 rings (SSSR count). The van der Waals surface area contributed by atoms with Gasteiger partial charge in [-0.2, -0.15) is 0 Å². The Morgan fingerprint density at radius 1 is 0.714 bits per heavy atom. The molecule has 0 spiro atoms. The standard InChI is InChI=1S/C10H21O3.Sn/c1-7(2)11-10(12-8(3)4)13-9(5)6;/h7-9H,1-6H3;/q;+3. The summed E-state index contributed by atoms with van der Waals surface area (Å²) in [6.07, 6.45) is 0.311. The minimum atomic E-state index is -0.844. The minimum absolute atomic E-state index is 0.104. The van der Waals surface area contributed by atoms with Crippen LogP contribution in [0.5, 0.6) is 0 Å². The van der Waals surface area contributed by atoms with Gasteiger partial charge in [0.1, 0.15) is 0 Å². The molecule has 0 aliphatic heterocycles.